The Morgan fingerprint density at radius 1 is 1.06 bits per heavy atom. The summed E-state index contributed by atoms with van der Waals surface area (Å²) in [6.07, 6.45) is 6.31. The molecule has 0 radical (unpaired) electrons. The molecule has 2 amide bonds. The maximum absolute atomic E-state index is 13.7. The minimum absolute atomic E-state index is 0.114. The van der Waals surface area contributed by atoms with Crippen molar-refractivity contribution in [3.63, 3.8) is 0 Å². The van der Waals surface area contributed by atoms with Crippen molar-refractivity contribution < 1.29 is 18.0 Å². The van der Waals surface area contributed by atoms with Crippen LogP contribution in [-0.2, 0) is 26.2 Å². The quantitative estimate of drug-likeness (QED) is 0.468. The summed E-state index contributed by atoms with van der Waals surface area (Å²) in [5.74, 6) is -0.652. The second-order valence-corrected chi connectivity index (χ2v) is 12.5. The van der Waals surface area contributed by atoms with E-state index in [1.165, 1.54) is 11.3 Å². The molecule has 0 unspecified atom stereocenters. The SMILES string of the molecule is Cc1ccc(CN(C(=O)CN(c2ccc(Br)c(C)c2)S(C)(=O)=O)[C@H](C)C(=O)NC2CCCCC2)cc1. The van der Waals surface area contributed by atoms with Crippen LogP contribution in [0.5, 0.6) is 0 Å². The summed E-state index contributed by atoms with van der Waals surface area (Å²) in [7, 11) is -3.75. The fourth-order valence-corrected chi connectivity index (χ4v) is 5.53. The molecule has 36 heavy (non-hydrogen) atoms. The van der Waals surface area contributed by atoms with Crippen molar-refractivity contribution in [3.8, 4) is 0 Å². The third kappa shape index (κ3) is 7.56. The van der Waals surface area contributed by atoms with Crippen molar-refractivity contribution in [1.29, 1.82) is 0 Å². The highest BCUT2D eigenvalue weighted by molar-refractivity contribution is 9.10. The zero-order chi connectivity index (χ0) is 26.5. The van der Waals surface area contributed by atoms with Crippen LogP contribution in [-0.4, -0.2) is 50.0 Å². The zero-order valence-corrected chi connectivity index (χ0v) is 23.9. The highest BCUT2D eigenvalue weighted by atomic mass is 79.9. The van der Waals surface area contributed by atoms with Gasteiger partial charge in [-0.25, -0.2) is 8.42 Å². The van der Waals surface area contributed by atoms with E-state index in [1.54, 1.807) is 25.1 Å². The summed E-state index contributed by atoms with van der Waals surface area (Å²) in [6, 6.07) is 12.3. The van der Waals surface area contributed by atoms with Gasteiger partial charge in [0, 0.05) is 17.1 Å². The third-order valence-electron chi connectivity index (χ3n) is 6.70. The molecule has 1 aliphatic carbocycles. The van der Waals surface area contributed by atoms with Crippen LogP contribution < -0.4 is 9.62 Å². The van der Waals surface area contributed by atoms with Gasteiger partial charge in [0.25, 0.3) is 0 Å². The first-order valence-corrected chi connectivity index (χ1v) is 15.0. The van der Waals surface area contributed by atoms with Crippen molar-refractivity contribution >= 4 is 43.5 Å². The number of anilines is 1. The van der Waals surface area contributed by atoms with Crippen molar-refractivity contribution in [2.45, 2.75) is 71.5 Å². The second kappa shape index (κ2) is 12.2. The molecule has 1 aliphatic rings. The van der Waals surface area contributed by atoms with E-state index < -0.39 is 28.5 Å². The van der Waals surface area contributed by atoms with Crippen LogP contribution in [0.15, 0.2) is 46.9 Å². The molecule has 3 rings (SSSR count). The van der Waals surface area contributed by atoms with E-state index in [0.717, 1.165) is 57.4 Å². The molecule has 0 aromatic heterocycles. The Balaban J connectivity index is 1.87. The van der Waals surface area contributed by atoms with Crippen molar-refractivity contribution in [3.05, 3.63) is 63.6 Å². The van der Waals surface area contributed by atoms with Gasteiger partial charge in [-0.15, -0.1) is 0 Å². The number of nitrogens with one attached hydrogen (secondary N) is 1. The number of sulfonamides is 1. The normalized spacial score (nSPS) is 15.2. The number of aryl methyl sites for hydroxylation is 2. The minimum atomic E-state index is -3.75. The van der Waals surface area contributed by atoms with E-state index in [4.69, 9.17) is 0 Å². The smallest absolute Gasteiger partial charge is 0.244 e. The average Bonchev–Trinajstić information content (AvgIpc) is 2.83. The van der Waals surface area contributed by atoms with Gasteiger partial charge in [0.1, 0.15) is 12.6 Å². The Labute approximate surface area is 223 Å². The first-order chi connectivity index (χ1) is 17.0. The van der Waals surface area contributed by atoms with Crippen LogP contribution >= 0.6 is 15.9 Å². The molecule has 2 aromatic carbocycles. The molecule has 1 saturated carbocycles. The first kappa shape index (κ1) is 28.2. The molecule has 1 N–H and O–H groups in total. The Kier molecular flexibility index (Phi) is 9.58. The Morgan fingerprint density at radius 3 is 2.28 bits per heavy atom. The molecule has 0 bridgehead atoms. The number of nitrogens with zero attached hydrogens (tertiary/aromatic N) is 2. The molecule has 0 aliphatic heterocycles. The van der Waals surface area contributed by atoms with Gasteiger partial charge in [0.2, 0.25) is 21.8 Å². The summed E-state index contributed by atoms with van der Waals surface area (Å²) in [5, 5.41) is 3.11. The summed E-state index contributed by atoms with van der Waals surface area (Å²) >= 11 is 3.43. The molecule has 196 valence electrons. The van der Waals surface area contributed by atoms with Gasteiger partial charge in [-0.1, -0.05) is 65.0 Å². The van der Waals surface area contributed by atoms with Gasteiger partial charge < -0.3 is 10.2 Å². The highest BCUT2D eigenvalue weighted by Gasteiger charge is 2.31. The number of carbonyl (C=O) groups is 2. The van der Waals surface area contributed by atoms with Gasteiger partial charge in [0.05, 0.1) is 11.9 Å². The number of hydrogen-bond donors (Lipinski definition) is 1. The fourth-order valence-electron chi connectivity index (χ4n) is 4.44. The summed E-state index contributed by atoms with van der Waals surface area (Å²) in [5.41, 5.74) is 3.22. The number of amides is 2. The van der Waals surface area contributed by atoms with E-state index in [2.05, 4.69) is 21.2 Å². The molecule has 0 saturated heterocycles. The lowest BCUT2D eigenvalue weighted by Gasteiger charge is -2.33. The molecule has 1 fully saturated rings. The van der Waals surface area contributed by atoms with Crippen LogP contribution in [0, 0.1) is 13.8 Å². The molecule has 0 heterocycles. The number of carbonyl (C=O) groups excluding carboxylic acids is 2. The van der Waals surface area contributed by atoms with Crippen LogP contribution in [0.3, 0.4) is 0 Å². The number of halogens is 1. The molecule has 7 nitrogen and oxygen atoms in total. The molecular weight excluding hydrogens is 542 g/mol. The summed E-state index contributed by atoms with van der Waals surface area (Å²) < 4.78 is 27.4. The average molecular weight is 579 g/mol. The second-order valence-electron chi connectivity index (χ2n) is 9.73. The molecule has 0 spiro atoms. The lowest BCUT2D eigenvalue weighted by molar-refractivity contribution is -0.139. The number of rotatable bonds is 9. The summed E-state index contributed by atoms with van der Waals surface area (Å²) in [4.78, 5) is 28.3. The summed E-state index contributed by atoms with van der Waals surface area (Å²) in [6.45, 7) is 5.36. The van der Waals surface area contributed by atoms with Crippen LogP contribution in [0.25, 0.3) is 0 Å². The molecule has 9 heteroatoms. The molecule has 2 aromatic rings. The van der Waals surface area contributed by atoms with Crippen molar-refractivity contribution in [2.24, 2.45) is 0 Å². The Bertz CT molecular complexity index is 1180. The monoisotopic (exact) mass is 577 g/mol. The van der Waals surface area contributed by atoms with Gasteiger partial charge in [-0.2, -0.15) is 0 Å². The first-order valence-electron chi connectivity index (χ1n) is 12.3. The van der Waals surface area contributed by atoms with E-state index in [9.17, 15) is 18.0 Å². The molecule has 1 atom stereocenters. The minimum Gasteiger partial charge on any atom is -0.352 e. The van der Waals surface area contributed by atoms with Gasteiger partial charge >= 0.3 is 0 Å². The maximum atomic E-state index is 13.7. The van der Waals surface area contributed by atoms with Crippen LogP contribution in [0.4, 0.5) is 5.69 Å². The van der Waals surface area contributed by atoms with E-state index in [1.807, 2.05) is 38.1 Å². The van der Waals surface area contributed by atoms with Crippen molar-refractivity contribution in [2.75, 3.05) is 17.1 Å². The van der Waals surface area contributed by atoms with Crippen LogP contribution in [0.1, 0.15) is 55.7 Å². The standard InChI is InChI=1S/C27H36BrN3O4S/c1-19-10-12-22(13-11-19)17-30(21(3)27(33)29-23-8-6-5-7-9-23)26(32)18-31(36(4,34)35)24-14-15-25(28)20(2)16-24/h10-16,21,23H,5-9,17-18H2,1-4H3,(H,29,33)/t21-/m1/s1. The fraction of sp³-hybridized carbons (Fsp3) is 0.481. The number of benzene rings is 2. The van der Waals surface area contributed by atoms with E-state index in [-0.39, 0.29) is 18.5 Å². The van der Waals surface area contributed by atoms with Gasteiger partial charge in [-0.05, 0) is 62.9 Å². The van der Waals surface area contributed by atoms with Gasteiger partial charge in [0.15, 0.2) is 0 Å². The molecular formula is C27H36BrN3O4S. The Hall–Kier alpha value is -2.39. The lowest BCUT2D eigenvalue weighted by atomic mass is 9.95. The number of hydrogen-bond acceptors (Lipinski definition) is 4. The third-order valence-corrected chi connectivity index (χ3v) is 8.73. The lowest BCUT2D eigenvalue weighted by Crippen LogP contribution is -2.52. The Morgan fingerprint density at radius 2 is 1.69 bits per heavy atom. The largest absolute Gasteiger partial charge is 0.352 e. The van der Waals surface area contributed by atoms with E-state index >= 15 is 0 Å². The predicted octanol–water partition coefficient (Wildman–Crippen LogP) is 4.70. The van der Waals surface area contributed by atoms with Gasteiger partial charge in [-0.3, -0.25) is 13.9 Å². The topological polar surface area (TPSA) is 86.8 Å². The van der Waals surface area contributed by atoms with Crippen LogP contribution in [0.2, 0.25) is 0 Å². The predicted molar refractivity (Wildman–Crippen MR) is 147 cm³/mol. The highest BCUT2D eigenvalue weighted by Crippen LogP contribution is 2.25. The van der Waals surface area contributed by atoms with E-state index in [0.29, 0.717) is 5.69 Å². The zero-order valence-electron chi connectivity index (χ0n) is 21.5. The van der Waals surface area contributed by atoms with Crippen molar-refractivity contribution in [1.82, 2.24) is 10.2 Å². The maximum Gasteiger partial charge on any atom is 0.244 e.